The maximum Gasteiger partial charge on any atom is 0.135 e. The van der Waals surface area contributed by atoms with E-state index in [9.17, 15) is 8.78 Å². The Morgan fingerprint density at radius 2 is 1.63 bits per heavy atom. The highest BCUT2D eigenvalue weighted by Gasteiger charge is 2.06. The van der Waals surface area contributed by atoms with Crippen molar-refractivity contribution in [1.29, 1.82) is 0 Å². The Balaban J connectivity index is 2.26. The molecular formula is C14H12F2N2S. The van der Waals surface area contributed by atoms with Gasteiger partial charge in [0, 0.05) is 16.9 Å². The third-order valence-corrected chi connectivity index (χ3v) is 2.91. The monoisotopic (exact) mass is 278 g/mol. The zero-order valence-electron chi connectivity index (χ0n) is 10.2. The molecular weight excluding hydrogens is 266 g/mol. The highest BCUT2D eigenvalue weighted by Crippen LogP contribution is 2.21. The molecule has 0 heterocycles. The van der Waals surface area contributed by atoms with Crippen LogP contribution in [0.1, 0.15) is 11.1 Å². The van der Waals surface area contributed by atoms with E-state index in [0.29, 0.717) is 16.9 Å². The molecule has 0 aliphatic heterocycles. The van der Waals surface area contributed by atoms with Crippen LogP contribution in [-0.4, -0.2) is 4.99 Å². The number of hydrogen-bond acceptors (Lipinski definition) is 2. The van der Waals surface area contributed by atoms with Gasteiger partial charge < -0.3 is 11.1 Å². The van der Waals surface area contributed by atoms with Crippen LogP contribution in [0.2, 0.25) is 0 Å². The first-order valence-corrected chi connectivity index (χ1v) is 6.01. The number of thiocarbonyl (C=S) groups is 1. The predicted octanol–water partition coefficient (Wildman–Crippen LogP) is 3.65. The van der Waals surface area contributed by atoms with E-state index in [1.807, 2.05) is 0 Å². The van der Waals surface area contributed by atoms with Crippen molar-refractivity contribution in [1.82, 2.24) is 0 Å². The highest BCUT2D eigenvalue weighted by molar-refractivity contribution is 7.80. The van der Waals surface area contributed by atoms with Crippen LogP contribution in [0.5, 0.6) is 0 Å². The molecule has 0 fully saturated rings. The van der Waals surface area contributed by atoms with Gasteiger partial charge in [0.05, 0.1) is 0 Å². The molecule has 98 valence electrons. The number of nitrogens with one attached hydrogen (secondary N) is 1. The molecule has 5 heteroatoms. The van der Waals surface area contributed by atoms with Gasteiger partial charge in [0.25, 0.3) is 0 Å². The highest BCUT2D eigenvalue weighted by atomic mass is 32.1. The summed E-state index contributed by atoms with van der Waals surface area (Å²) >= 11 is 4.72. The molecule has 19 heavy (non-hydrogen) atoms. The molecule has 0 aromatic heterocycles. The Kier molecular flexibility index (Phi) is 3.76. The number of anilines is 2. The first-order valence-electron chi connectivity index (χ1n) is 5.60. The van der Waals surface area contributed by atoms with Gasteiger partial charge in [-0.25, -0.2) is 8.78 Å². The number of rotatable bonds is 3. The lowest BCUT2D eigenvalue weighted by Gasteiger charge is -2.09. The second-order valence-electron chi connectivity index (χ2n) is 4.15. The van der Waals surface area contributed by atoms with Gasteiger partial charge in [-0.15, -0.1) is 0 Å². The molecule has 0 aliphatic carbocycles. The summed E-state index contributed by atoms with van der Waals surface area (Å²) in [4.78, 5) is 0.00503. The van der Waals surface area contributed by atoms with E-state index in [4.69, 9.17) is 18.0 Å². The number of aryl methyl sites for hydroxylation is 1. The lowest BCUT2D eigenvalue weighted by Crippen LogP contribution is -2.11. The van der Waals surface area contributed by atoms with Crippen molar-refractivity contribution < 1.29 is 8.78 Å². The fourth-order valence-electron chi connectivity index (χ4n) is 1.63. The SMILES string of the molecule is Cc1ccc(Nc2ccc(C(N)=S)c(F)c2)cc1F. The minimum Gasteiger partial charge on any atom is -0.389 e. The molecule has 0 unspecified atom stereocenters. The number of nitrogens with two attached hydrogens (primary N) is 1. The minimum absolute atomic E-state index is 0.00503. The molecule has 0 atom stereocenters. The van der Waals surface area contributed by atoms with E-state index < -0.39 is 5.82 Å². The molecule has 0 amide bonds. The average Bonchev–Trinajstić information content (AvgIpc) is 2.33. The molecule has 2 nitrogen and oxygen atoms in total. The van der Waals surface area contributed by atoms with Crippen molar-refractivity contribution in [3.05, 3.63) is 59.2 Å². The zero-order valence-corrected chi connectivity index (χ0v) is 11.0. The van der Waals surface area contributed by atoms with E-state index >= 15 is 0 Å². The molecule has 3 N–H and O–H groups in total. The van der Waals surface area contributed by atoms with E-state index in [1.165, 1.54) is 18.2 Å². The normalized spacial score (nSPS) is 10.3. The lowest BCUT2D eigenvalue weighted by molar-refractivity contribution is 0.619. The van der Waals surface area contributed by atoms with Crippen LogP contribution < -0.4 is 11.1 Å². The van der Waals surface area contributed by atoms with Crippen LogP contribution in [-0.2, 0) is 0 Å². The Morgan fingerprint density at radius 1 is 1.05 bits per heavy atom. The minimum atomic E-state index is -0.509. The molecule has 0 bridgehead atoms. The fourth-order valence-corrected chi connectivity index (χ4v) is 1.80. The van der Waals surface area contributed by atoms with Gasteiger partial charge in [0.15, 0.2) is 0 Å². The van der Waals surface area contributed by atoms with E-state index in [0.717, 1.165) is 0 Å². The van der Waals surface area contributed by atoms with Gasteiger partial charge in [-0.05, 0) is 42.8 Å². The fraction of sp³-hybridized carbons (Fsp3) is 0.0714. The summed E-state index contributed by atoms with van der Waals surface area (Å²) in [6.07, 6.45) is 0. The second-order valence-corrected chi connectivity index (χ2v) is 4.59. The van der Waals surface area contributed by atoms with Gasteiger partial charge >= 0.3 is 0 Å². The zero-order chi connectivity index (χ0) is 14.0. The van der Waals surface area contributed by atoms with Gasteiger partial charge in [-0.3, -0.25) is 0 Å². The van der Waals surface area contributed by atoms with Gasteiger partial charge in [0.1, 0.15) is 16.6 Å². The molecule has 0 spiro atoms. The summed E-state index contributed by atoms with van der Waals surface area (Å²) in [6.45, 7) is 1.68. The van der Waals surface area contributed by atoms with Gasteiger partial charge in [-0.1, -0.05) is 18.3 Å². The Morgan fingerprint density at radius 3 is 2.16 bits per heavy atom. The smallest absolute Gasteiger partial charge is 0.135 e. The summed E-state index contributed by atoms with van der Waals surface area (Å²) in [6, 6.07) is 9.12. The maximum absolute atomic E-state index is 13.7. The van der Waals surface area contributed by atoms with Gasteiger partial charge in [-0.2, -0.15) is 0 Å². The van der Waals surface area contributed by atoms with Crippen molar-refractivity contribution >= 4 is 28.6 Å². The van der Waals surface area contributed by atoms with Crippen LogP contribution in [0.15, 0.2) is 36.4 Å². The summed E-state index contributed by atoms with van der Waals surface area (Å²) in [5.41, 5.74) is 7.17. The van der Waals surface area contributed by atoms with Crippen molar-refractivity contribution in [3.63, 3.8) is 0 Å². The van der Waals surface area contributed by atoms with Crippen molar-refractivity contribution in [2.75, 3.05) is 5.32 Å². The first kappa shape index (κ1) is 13.4. The van der Waals surface area contributed by atoms with Crippen LogP contribution >= 0.6 is 12.2 Å². The molecule has 2 aromatic carbocycles. The number of halogens is 2. The van der Waals surface area contributed by atoms with Crippen LogP contribution in [0.4, 0.5) is 20.2 Å². The van der Waals surface area contributed by atoms with Gasteiger partial charge in [0.2, 0.25) is 0 Å². The molecule has 0 aliphatic rings. The summed E-state index contributed by atoms with van der Waals surface area (Å²) in [5, 5.41) is 2.91. The van der Waals surface area contributed by atoms with Crippen molar-refractivity contribution in [2.45, 2.75) is 6.92 Å². The van der Waals surface area contributed by atoms with E-state index in [-0.39, 0.29) is 16.4 Å². The van der Waals surface area contributed by atoms with Crippen molar-refractivity contribution in [3.8, 4) is 0 Å². The third kappa shape index (κ3) is 3.06. The third-order valence-electron chi connectivity index (χ3n) is 2.70. The Bertz CT molecular complexity index is 641. The van der Waals surface area contributed by atoms with Crippen LogP contribution in [0, 0.1) is 18.6 Å². The van der Waals surface area contributed by atoms with E-state index in [2.05, 4.69) is 5.32 Å². The standard InChI is InChI=1S/C14H12F2N2S/c1-8-2-3-9(6-12(8)15)18-10-4-5-11(14(17)19)13(16)7-10/h2-7,18H,1H3,(H2,17,19). The van der Waals surface area contributed by atoms with Crippen LogP contribution in [0.25, 0.3) is 0 Å². The summed E-state index contributed by atoms with van der Waals surface area (Å²) in [5.74, 6) is -0.824. The molecule has 2 aromatic rings. The number of hydrogen-bond donors (Lipinski definition) is 2. The molecule has 0 saturated carbocycles. The lowest BCUT2D eigenvalue weighted by atomic mass is 10.1. The predicted molar refractivity (Wildman–Crippen MR) is 76.7 cm³/mol. The quantitative estimate of drug-likeness (QED) is 0.842. The Hall–Kier alpha value is -2.01. The second kappa shape index (κ2) is 5.32. The maximum atomic E-state index is 13.7. The number of benzene rings is 2. The van der Waals surface area contributed by atoms with Crippen LogP contribution in [0.3, 0.4) is 0 Å². The summed E-state index contributed by atoms with van der Waals surface area (Å²) in [7, 11) is 0. The topological polar surface area (TPSA) is 38.0 Å². The summed E-state index contributed by atoms with van der Waals surface area (Å²) < 4.78 is 27.0. The van der Waals surface area contributed by atoms with Crippen molar-refractivity contribution in [2.24, 2.45) is 5.73 Å². The molecule has 0 radical (unpaired) electrons. The van der Waals surface area contributed by atoms with E-state index in [1.54, 1.807) is 25.1 Å². The molecule has 2 rings (SSSR count). The molecule has 0 saturated heterocycles. The largest absolute Gasteiger partial charge is 0.389 e. The first-order chi connectivity index (χ1) is 8.97. The average molecular weight is 278 g/mol. The Labute approximate surface area is 115 Å².